The Morgan fingerprint density at radius 3 is 2.48 bits per heavy atom. The zero-order chi connectivity index (χ0) is 18.1. The van der Waals surface area contributed by atoms with Crippen LogP contribution in [0, 0.1) is 5.92 Å². The molecule has 0 unspecified atom stereocenters. The molecule has 0 aromatic heterocycles. The number of urea groups is 1. The lowest BCUT2D eigenvalue weighted by atomic mass is 10.0. The minimum Gasteiger partial charge on any atom is -0.379 e. The molecule has 7 heteroatoms. The van der Waals surface area contributed by atoms with E-state index in [1.807, 2.05) is 32.0 Å². The number of hydrogen-bond acceptors (Lipinski definition) is 4. The fourth-order valence-electron chi connectivity index (χ4n) is 2.64. The molecule has 0 bridgehead atoms. The zero-order valence-electron chi connectivity index (χ0n) is 15.0. The number of morpholine rings is 1. The molecule has 3 amide bonds. The van der Waals surface area contributed by atoms with Crippen molar-refractivity contribution in [2.75, 3.05) is 44.7 Å². The number of nitrogens with one attached hydrogen (secondary N) is 3. The van der Waals surface area contributed by atoms with Gasteiger partial charge >= 0.3 is 6.03 Å². The van der Waals surface area contributed by atoms with Crippen LogP contribution < -0.4 is 16.0 Å². The lowest BCUT2D eigenvalue weighted by molar-refractivity contribution is -0.123. The first kappa shape index (κ1) is 19.2. The van der Waals surface area contributed by atoms with E-state index in [4.69, 9.17) is 4.74 Å². The molecule has 1 aromatic carbocycles. The third-order valence-electron chi connectivity index (χ3n) is 4.10. The molecule has 7 nitrogen and oxygen atoms in total. The van der Waals surface area contributed by atoms with Crippen molar-refractivity contribution in [1.29, 1.82) is 0 Å². The van der Waals surface area contributed by atoms with E-state index in [0.29, 0.717) is 12.2 Å². The van der Waals surface area contributed by atoms with Gasteiger partial charge in [-0.05, 0) is 18.1 Å². The van der Waals surface area contributed by atoms with E-state index in [1.54, 1.807) is 12.1 Å². The molecular weight excluding hydrogens is 320 g/mol. The highest BCUT2D eigenvalue weighted by Gasteiger charge is 2.24. The number of carbonyl (C=O) groups is 2. The van der Waals surface area contributed by atoms with Crippen LogP contribution in [0.4, 0.5) is 10.5 Å². The fraction of sp³-hybridized carbons (Fsp3) is 0.556. The van der Waals surface area contributed by atoms with Gasteiger partial charge in [0.05, 0.1) is 13.2 Å². The van der Waals surface area contributed by atoms with Gasteiger partial charge in [0.1, 0.15) is 6.04 Å². The number of amides is 3. The van der Waals surface area contributed by atoms with Gasteiger partial charge in [0.2, 0.25) is 5.91 Å². The monoisotopic (exact) mass is 348 g/mol. The van der Waals surface area contributed by atoms with Crippen LogP contribution in [0.5, 0.6) is 0 Å². The Hall–Kier alpha value is -2.12. The second kappa shape index (κ2) is 10.0. The van der Waals surface area contributed by atoms with Crippen LogP contribution in [0.1, 0.15) is 13.8 Å². The lowest BCUT2D eigenvalue weighted by Gasteiger charge is -2.27. The standard InChI is InChI=1S/C18H28N4O3/c1-14(2)16(21-18(24)20-15-6-4-3-5-7-15)17(23)19-8-9-22-10-12-25-13-11-22/h3-7,14,16H,8-13H2,1-2H3,(H,19,23)(H2,20,21,24)/t16-/m1/s1. The molecule has 3 N–H and O–H groups in total. The Kier molecular flexibility index (Phi) is 7.69. The number of anilines is 1. The molecule has 0 saturated carbocycles. The Bertz CT molecular complexity index is 545. The Labute approximate surface area is 149 Å². The van der Waals surface area contributed by atoms with Gasteiger partial charge in [0, 0.05) is 31.9 Å². The molecule has 1 fully saturated rings. The van der Waals surface area contributed by atoms with Gasteiger partial charge in [0.15, 0.2) is 0 Å². The second-order valence-electron chi connectivity index (χ2n) is 6.43. The molecule has 0 radical (unpaired) electrons. The molecule has 25 heavy (non-hydrogen) atoms. The van der Waals surface area contributed by atoms with Gasteiger partial charge in [-0.15, -0.1) is 0 Å². The highest BCUT2D eigenvalue weighted by Crippen LogP contribution is 2.06. The Morgan fingerprint density at radius 2 is 1.84 bits per heavy atom. The van der Waals surface area contributed by atoms with Crippen molar-refractivity contribution >= 4 is 17.6 Å². The molecule has 0 spiro atoms. The first-order valence-electron chi connectivity index (χ1n) is 8.76. The minimum atomic E-state index is -0.576. The third kappa shape index (κ3) is 6.72. The molecular formula is C18H28N4O3. The fourth-order valence-corrected chi connectivity index (χ4v) is 2.64. The Morgan fingerprint density at radius 1 is 1.16 bits per heavy atom. The molecule has 1 aliphatic rings. The molecule has 1 aromatic rings. The summed E-state index contributed by atoms with van der Waals surface area (Å²) in [6.07, 6.45) is 0. The van der Waals surface area contributed by atoms with E-state index >= 15 is 0 Å². The van der Waals surface area contributed by atoms with Crippen molar-refractivity contribution in [3.05, 3.63) is 30.3 Å². The van der Waals surface area contributed by atoms with E-state index in [1.165, 1.54) is 0 Å². The minimum absolute atomic E-state index is 0.00934. The first-order chi connectivity index (χ1) is 12.1. The van der Waals surface area contributed by atoms with Crippen molar-refractivity contribution < 1.29 is 14.3 Å². The second-order valence-corrected chi connectivity index (χ2v) is 6.43. The molecule has 0 aliphatic carbocycles. The topological polar surface area (TPSA) is 82.7 Å². The summed E-state index contributed by atoms with van der Waals surface area (Å²) >= 11 is 0. The van der Waals surface area contributed by atoms with Gasteiger partial charge < -0.3 is 20.7 Å². The predicted molar refractivity (Wildman–Crippen MR) is 97.5 cm³/mol. The summed E-state index contributed by atoms with van der Waals surface area (Å²) in [7, 11) is 0. The van der Waals surface area contributed by atoms with E-state index in [0.717, 1.165) is 32.8 Å². The van der Waals surface area contributed by atoms with E-state index < -0.39 is 6.04 Å². The summed E-state index contributed by atoms with van der Waals surface area (Å²) in [5.41, 5.74) is 0.690. The van der Waals surface area contributed by atoms with E-state index in [2.05, 4.69) is 20.9 Å². The average Bonchev–Trinajstić information content (AvgIpc) is 2.61. The summed E-state index contributed by atoms with van der Waals surface area (Å²) in [5.74, 6) is -0.170. The van der Waals surface area contributed by atoms with Gasteiger partial charge in [-0.1, -0.05) is 32.0 Å². The van der Waals surface area contributed by atoms with Crippen LogP contribution in [0.2, 0.25) is 0 Å². The molecule has 1 heterocycles. The number of para-hydroxylation sites is 1. The maximum Gasteiger partial charge on any atom is 0.319 e. The van der Waals surface area contributed by atoms with Gasteiger partial charge in [-0.25, -0.2) is 4.79 Å². The highest BCUT2D eigenvalue weighted by atomic mass is 16.5. The summed E-state index contributed by atoms with van der Waals surface area (Å²) in [5, 5.41) is 8.41. The summed E-state index contributed by atoms with van der Waals surface area (Å²) in [4.78, 5) is 26.8. The van der Waals surface area contributed by atoms with Crippen molar-refractivity contribution in [1.82, 2.24) is 15.5 Å². The number of rotatable bonds is 7. The van der Waals surface area contributed by atoms with Gasteiger partial charge in [0.25, 0.3) is 0 Å². The maximum absolute atomic E-state index is 12.4. The quantitative estimate of drug-likeness (QED) is 0.693. The number of nitrogens with zero attached hydrogens (tertiary/aromatic N) is 1. The molecule has 1 saturated heterocycles. The van der Waals surface area contributed by atoms with Crippen LogP contribution in [-0.4, -0.2) is 62.3 Å². The SMILES string of the molecule is CC(C)[C@@H](NC(=O)Nc1ccccc1)C(=O)NCCN1CCOCC1. The molecule has 1 aliphatic heterocycles. The van der Waals surface area contributed by atoms with Crippen LogP contribution in [0.3, 0.4) is 0 Å². The van der Waals surface area contributed by atoms with Crippen LogP contribution in [0.15, 0.2) is 30.3 Å². The smallest absolute Gasteiger partial charge is 0.319 e. The number of benzene rings is 1. The summed E-state index contributed by atoms with van der Waals surface area (Å²) in [6.45, 7) is 8.43. The van der Waals surface area contributed by atoms with Gasteiger partial charge in [-0.3, -0.25) is 9.69 Å². The van der Waals surface area contributed by atoms with Crippen molar-refractivity contribution in [3.63, 3.8) is 0 Å². The maximum atomic E-state index is 12.4. The van der Waals surface area contributed by atoms with E-state index in [-0.39, 0.29) is 17.9 Å². The highest BCUT2D eigenvalue weighted by molar-refractivity contribution is 5.93. The number of carbonyl (C=O) groups excluding carboxylic acids is 2. The number of hydrogen-bond donors (Lipinski definition) is 3. The molecule has 1 atom stereocenters. The van der Waals surface area contributed by atoms with Crippen molar-refractivity contribution in [2.45, 2.75) is 19.9 Å². The Balaban J connectivity index is 1.77. The summed E-state index contributed by atoms with van der Waals surface area (Å²) < 4.78 is 5.31. The van der Waals surface area contributed by atoms with Crippen LogP contribution >= 0.6 is 0 Å². The average molecular weight is 348 g/mol. The largest absolute Gasteiger partial charge is 0.379 e. The first-order valence-corrected chi connectivity index (χ1v) is 8.76. The third-order valence-corrected chi connectivity index (χ3v) is 4.10. The molecule has 138 valence electrons. The van der Waals surface area contributed by atoms with Crippen LogP contribution in [-0.2, 0) is 9.53 Å². The summed E-state index contributed by atoms with van der Waals surface area (Å²) in [6, 6.07) is 8.20. The molecule has 2 rings (SSSR count). The van der Waals surface area contributed by atoms with Crippen LogP contribution in [0.25, 0.3) is 0 Å². The predicted octanol–water partition coefficient (Wildman–Crippen LogP) is 1.28. The van der Waals surface area contributed by atoms with Crippen molar-refractivity contribution in [3.8, 4) is 0 Å². The normalized spacial score (nSPS) is 16.3. The number of ether oxygens (including phenoxy) is 1. The lowest BCUT2D eigenvalue weighted by Crippen LogP contribution is -2.52. The zero-order valence-corrected chi connectivity index (χ0v) is 15.0. The van der Waals surface area contributed by atoms with E-state index in [9.17, 15) is 9.59 Å². The van der Waals surface area contributed by atoms with Gasteiger partial charge in [-0.2, -0.15) is 0 Å². The van der Waals surface area contributed by atoms with Crippen molar-refractivity contribution in [2.24, 2.45) is 5.92 Å².